The van der Waals surface area contributed by atoms with Crippen LogP contribution < -0.4 is 0 Å². The maximum Gasteiger partial charge on any atom is 0.109 e. The highest BCUT2D eigenvalue weighted by Crippen LogP contribution is 2.13. The van der Waals surface area contributed by atoms with Crippen molar-refractivity contribution in [3.05, 3.63) is 30.1 Å². The molecule has 14 heavy (non-hydrogen) atoms. The van der Waals surface area contributed by atoms with Crippen LogP contribution in [0.4, 0.5) is 0 Å². The number of rotatable bonds is 1. The van der Waals surface area contributed by atoms with E-state index < -0.39 is 0 Å². The molecule has 1 aromatic heterocycles. The fourth-order valence-corrected chi connectivity index (χ4v) is 2.09. The molecular formula is C11H14N2S. The number of hydrogen-bond acceptors (Lipinski definition) is 2. The first-order valence-electron chi connectivity index (χ1n) is 5.07. The van der Waals surface area contributed by atoms with Gasteiger partial charge < -0.3 is 4.90 Å². The van der Waals surface area contributed by atoms with Crippen LogP contribution in [0.25, 0.3) is 0 Å². The van der Waals surface area contributed by atoms with Crippen molar-refractivity contribution in [2.45, 2.75) is 19.3 Å². The first-order chi connectivity index (χ1) is 6.88. The van der Waals surface area contributed by atoms with Gasteiger partial charge in [0.15, 0.2) is 0 Å². The lowest BCUT2D eigenvalue weighted by Gasteiger charge is -2.29. The largest absolute Gasteiger partial charge is 0.362 e. The molecule has 2 rings (SSSR count). The highest BCUT2D eigenvalue weighted by atomic mass is 32.1. The molecule has 1 saturated heterocycles. The minimum Gasteiger partial charge on any atom is -0.362 e. The molecule has 1 aliphatic rings. The lowest BCUT2D eigenvalue weighted by atomic mass is 10.1. The molecule has 0 bridgehead atoms. The van der Waals surface area contributed by atoms with E-state index in [1.165, 1.54) is 19.3 Å². The second kappa shape index (κ2) is 4.51. The monoisotopic (exact) mass is 206 g/mol. The van der Waals surface area contributed by atoms with Gasteiger partial charge in [-0.2, -0.15) is 0 Å². The van der Waals surface area contributed by atoms with Gasteiger partial charge in [0.2, 0.25) is 0 Å². The minimum absolute atomic E-state index is 0.979. The summed E-state index contributed by atoms with van der Waals surface area (Å²) in [4.78, 5) is 7.27. The van der Waals surface area contributed by atoms with Gasteiger partial charge in [0.1, 0.15) is 4.99 Å². The molecule has 2 heterocycles. The average molecular weight is 206 g/mol. The second-order valence-corrected chi connectivity index (χ2v) is 3.98. The quantitative estimate of drug-likeness (QED) is 0.656. The van der Waals surface area contributed by atoms with E-state index in [0.29, 0.717) is 0 Å². The summed E-state index contributed by atoms with van der Waals surface area (Å²) in [5, 5.41) is 0. The van der Waals surface area contributed by atoms with Crippen molar-refractivity contribution in [2.24, 2.45) is 0 Å². The van der Waals surface area contributed by atoms with Crippen molar-refractivity contribution in [2.75, 3.05) is 13.1 Å². The molecular weight excluding hydrogens is 192 g/mol. The first-order valence-corrected chi connectivity index (χ1v) is 5.48. The van der Waals surface area contributed by atoms with Gasteiger partial charge in [-0.15, -0.1) is 0 Å². The Balaban J connectivity index is 2.07. The van der Waals surface area contributed by atoms with E-state index in [9.17, 15) is 0 Å². The van der Waals surface area contributed by atoms with E-state index >= 15 is 0 Å². The number of pyridine rings is 1. The maximum atomic E-state index is 5.44. The third-order valence-electron chi connectivity index (χ3n) is 2.57. The van der Waals surface area contributed by atoms with Crippen LogP contribution in [0.1, 0.15) is 24.8 Å². The SMILES string of the molecule is S=C(c1ccncc1)N1CCCCC1. The molecule has 2 nitrogen and oxygen atoms in total. The topological polar surface area (TPSA) is 16.1 Å². The van der Waals surface area contributed by atoms with Crippen molar-refractivity contribution in [3.8, 4) is 0 Å². The van der Waals surface area contributed by atoms with Gasteiger partial charge in [-0.25, -0.2) is 0 Å². The summed E-state index contributed by atoms with van der Waals surface area (Å²) in [5.74, 6) is 0. The Bertz CT molecular complexity index is 304. The van der Waals surface area contributed by atoms with E-state index in [4.69, 9.17) is 12.2 Å². The fourth-order valence-electron chi connectivity index (χ4n) is 1.77. The molecule has 74 valence electrons. The van der Waals surface area contributed by atoms with Crippen molar-refractivity contribution in [1.82, 2.24) is 9.88 Å². The molecule has 0 spiro atoms. The molecule has 0 unspecified atom stereocenters. The molecule has 0 radical (unpaired) electrons. The smallest absolute Gasteiger partial charge is 0.109 e. The van der Waals surface area contributed by atoms with Crippen LogP contribution in [-0.4, -0.2) is 28.0 Å². The van der Waals surface area contributed by atoms with Crippen LogP contribution in [0.5, 0.6) is 0 Å². The molecule has 3 heteroatoms. The molecule has 0 aromatic carbocycles. The van der Waals surface area contributed by atoms with Crippen LogP contribution in [0.15, 0.2) is 24.5 Å². The third-order valence-corrected chi connectivity index (χ3v) is 3.06. The van der Waals surface area contributed by atoms with Gasteiger partial charge in [-0.3, -0.25) is 4.98 Å². The lowest BCUT2D eigenvalue weighted by molar-refractivity contribution is 0.347. The van der Waals surface area contributed by atoms with Crippen LogP contribution >= 0.6 is 12.2 Å². The van der Waals surface area contributed by atoms with Crippen LogP contribution in [0.3, 0.4) is 0 Å². The highest BCUT2D eigenvalue weighted by Gasteiger charge is 2.13. The minimum atomic E-state index is 0.979. The first kappa shape index (κ1) is 9.59. The normalized spacial score (nSPS) is 16.7. The van der Waals surface area contributed by atoms with Gasteiger partial charge >= 0.3 is 0 Å². The van der Waals surface area contributed by atoms with Crippen LogP contribution in [0.2, 0.25) is 0 Å². The average Bonchev–Trinajstić information content (AvgIpc) is 2.30. The summed E-state index contributed by atoms with van der Waals surface area (Å²) in [6, 6.07) is 3.97. The summed E-state index contributed by atoms with van der Waals surface area (Å²) in [6.07, 6.45) is 7.48. The molecule has 0 N–H and O–H groups in total. The summed E-state index contributed by atoms with van der Waals surface area (Å²) in [6.45, 7) is 2.22. The van der Waals surface area contributed by atoms with E-state index in [1.54, 1.807) is 12.4 Å². The Morgan fingerprint density at radius 3 is 2.43 bits per heavy atom. The zero-order valence-electron chi connectivity index (χ0n) is 8.15. The number of piperidine rings is 1. The molecule has 0 saturated carbocycles. The predicted octanol–water partition coefficient (Wildman–Crippen LogP) is 2.24. The fraction of sp³-hybridized carbons (Fsp3) is 0.455. The molecule has 1 fully saturated rings. The summed E-state index contributed by atoms with van der Waals surface area (Å²) in [7, 11) is 0. The molecule has 1 aliphatic heterocycles. The number of hydrogen-bond donors (Lipinski definition) is 0. The summed E-state index contributed by atoms with van der Waals surface area (Å²) >= 11 is 5.44. The third kappa shape index (κ3) is 2.10. The van der Waals surface area contributed by atoms with Crippen molar-refractivity contribution in [3.63, 3.8) is 0 Å². The van der Waals surface area contributed by atoms with Crippen molar-refractivity contribution in [1.29, 1.82) is 0 Å². The Kier molecular flexibility index (Phi) is 3.09. The van der Waals surface area contributed by atoms with Gasteiger partial charge in [0.05, 0.1) is 0 Å². The summed E-state index contributed by atoms with van der Waals surface area (Å²) < 4.78 is 0. The Morgan fingerprint density at radius 2 is 1.79 bits per heavy atom. The zero-order chi connectivity index (χ0) is 9.80. The Labute approximate surface area is 90.0 Å². The van der Waals surface area contributed by atoms with E-state index in [0.717, 1.165) is 23.6 Å². The Morgan fingerprint density at radius 1 is 1.14 bits per heavy atom. The predicted molar refractivity (Wildman–Crippen MR) is 61.4 cm³/mol. The number of thiocarbonyl (C=S) groups is 1. The number of aromatic nitrogens is 1. The second-order valence-electron chi connectivity index (χ2n) is 3.59. The molecule has 0 aliphatic carbocycles. The highest BCUT2D eigenvalue weighted by molar-refractivity contribution is 7.80. The van der Waals surface area contributed by atoms with Gasteiger partial charge in [-0.1, -0.05) is 12.2 Å². The maximum absolute atomic E-state index is 5.44. The van der Waals surface area contributed by atoms with E-state index in [-0.39, 0.29) is 0 Å². The van der Waals surface area contributed by atoms with Gasteiger partial charge in [-0.05, 0) is 31.4 Å². The Hall–Kier alpha value is -0.960. The van der Waals surface area contributed by atoms with E-state index in [1.807, 2.05) is 12.1 Å². The van der Waals surface area contributed by atoms with Crippen molar-refractivity contribution >= 4 is 17.2 Å². The molecule has 0 amide bonds. The zero-order valence-corrected chi connectivity index (χ0v) is 8.96. The van der Waals surface area contributed by atoms with Crippen molar-refractivity contribution < 1.29 is 0 Å². The van der Waals surface area contributed by atoms with Crippen LogP contribution in [0, 0.1) is 0 Å². The van der Waals surface area contributed by atoms with Crippen LogP contribution in [-0.2, 0) is 0 Å². The van der Waals surface area contributed by atoms with Gasteiger partial charge in [0.25, 0.3) is 0 Å². The standard InChI is InChI=1S/C11H14N2S/c14-11(10-4-6-12-7-5-10)13-8-2-1-3-9-13/h4-7H,1-3,8-9H2. The molecule has 1 aromatic rings. The van der Waals surface area contributed by atoms with E-state index in [2.05, 4.69) is 9.88 Å². The molecule has 0 atom stereocenters. The van der Waals surface area contributed by atoms with Gasteiger partial charge in [0, 0.05) is 31.0 Å². The summed E-state index contributed by atoms with van der Waals surface area (Å²) in [5.41, 5.74) is 1.12. The number of nitrogens with zero attached hydrogens (tertiary/aromatic N) is 2. The lowest BCUT2D eigenvalue weighted by Crippen LogP contribution is -2.34. The number of likely N-dealkylation sites (tertiary alicyclic amines) is 1.